The second-order valence-corrected chi connectivity index (χ2v) is 7.82. The van der Waals surface area contributed by atoms with Crippen LogP contribution in [0.15, 0.2) is 0 Å². The molecule has 0 aliphatic carbocycles. The van der Waals surface area contributed by atoms with E-state index in [4.69, 9.17) is 4.74 Å². The van der Waals surface area contributed by atoms with Crippen LogP contribution in [0.3, 0.4) is 0 Å². The largest absolute Gasteiger partial charge is 0.465 e. The molecule has 1 fully saturated rings. The van der Waals surface area contributed by atoms with Gasteiger partial charge in [-0.05, 0) is 25.8 Å². The molecule has 1 amide bonds. The summed E-state index contributed by atoms with van der Waals surface area (Å²) in [6, 6.07) is -0.331. The third kappa shape index (κ3) is 2.87. The van der Waals surface area contributed by atoms with Crippen molar-refractivity contribution in [3.63, 3.8) is 0 Å². The standard InChI is InChI=1S/C14H20N2O5S/c1-8-11(14(18)21-4)9(2)15-12(8)13(17)16(3)10-5-6-22(19,20)7-10/h10,15H,5-7H2,1-4H3/t10-/m1/s1. The number of ether oxygens (including phenoxy) is 1. The van der Waals surface area contributed by atoms with Gasteiger partial charge in [-0.15, -0.1) is 0 Å². The zero-order chi connectivity index (χ0) is 16.7. The fourth-order valence-electron chi connectivity index (χ4n) is 2.80. The molecule has 2 rings (SSSR count). The number of aromatic nitrogens is 1. The molecular weight excluding hydrogens is 308 g/mol. The summed E-state index contributed by atoms with van der Waals surface area (Å²) in [5.41, 5.74) is 1.71. The highest BCUT2D eigenvalue weighted by molar-refractivity contribution is 7.91. The monoisotopic (exact) mass is 328 g/mol. The summed E-state index contributed by atoms with van der Waals surface area (Å²) in [4.78, 5) is 28.7. The highest BCUT2D eigenvalue weighted by Gasteiger charge is 2.34. The summed E-state index contributed by atoms with van der Waals surface area (Å²) >= 11 is 0. The minimum Gasteiger partial charge on any atom is -0.465 e. The molecule has 8 heteroatoms. The van der Waals surface area contributed by atoms with Crippen LogP contribution < -0.4 is 0 Å². The van der Waals surface area contributed by atoms with E-state index in [1.54, 1.807) is 20.9 Å². The van der Waals surface area contributed by atoms with Crippen LogP contribution in [-0.2, 0) is 14.6 Å². The van der Waals surface area contributed by atoms with Crippen LogP contribution in [0.2, 0.25) is 0 Å². The summed E-state index contributed by atoms with van der Waals surface area (Å²) < 4.78 is 27.8. The number of aromatic amines is 1. The molecular formula is C14H20N2O5S. The Morgan fingerprint density at radius 1 is 1.32 bits per heavy atom. The fourth-order valence-corrected chi connectivity index (χ4v) is 4.57. The average Bonchev–Trinajstić information content (AvgIpc) is 2.96. The van der Waals surface area contributed by atoms with Gasteiger partial charge in [0.1, 0.15) is 5.69 Å². The van der Waals surface area contributed by atoms with Gasteiger partial charge in [-0.2, -0.15) is 0 Å². The van der Waals surface area contributed by atoms with Crippen LogP contribution in [0.25, 0.3) is 0 Å². The number of sulfone groups is 1. The van der Waals surface area contributed by atoms with E-state index in [1.165, 1.54) is 12.0 Å². The van der Waals surface area contributed by atoms with Gasteiger partial charge in [0, 0.05) is 18.8 Å². The zero-order valence-corrected chi connectivity index (χ0v) is 13.9. The molecule has 1 aromatic rings. The highest BCUT2D eigenvalue weighted by Crippen LogP contribution is 2.23. The number of nitrogens with zero attached hydrogens (tertiary/aromatic N) is 1. The van der Waals surface area contributed by atoms with E-state index in [9.17, 15) is 18.0 Å². The maximum absolute atomic E-state index is 12.6. The van der Waals surface area contributed by atoms with Crippen molar-refractivity contribution in [2.75, 3.05) is 25.7 Å². The van der Waals surface area contributed by atoms with Gasteiger partial charge in [0.15, 0.2) is 9.84 Å². The summed E-state index contributed by atoms with van der Waals surface area (Å²) in [7, 11) is -0.197. The first-order chi connectivity index (χ1) is 10.2. The van der Waals surface area contributed by atoms with E-state index in [-0.39, 0.29) is 23.5 Å². The number of H-pyrrole nitrogens is 1. The van der Waals surface area contributed by atoms with Crippen molar-refractivity contribution in [2.24, 2.45) is 0 Å². The first kappa shape index (κ1) is 16.5. The highest BCUT2D eigenvalue weighted by atomic mass is 32.2. The van der Waals surface area contributed by atoms with Crippen molar-refractivity contribution in [2.45, 2.75) is 26.3 Å². The molecule has 0 unspecified atom stereocenters. The summed E-state index contributed by atoms with van der Waals surface area (Å²) in [6.45, 7) is 3.36. The fraction of sp³-hybridized carbons (Fsp3) is 0.571. The molecule has 122 valence electrons. The molecule has 0 spiro atoms. The lowest BCUT2D eigenvalue weighted by Gasteiger charge is -2.23. The van der Waals surface area contributed by atoms with Crippen molar-refractivity contribution < 1.29 is 22.7 Å². The maximum Gasteiger partial charge on any atom is 0.339 e. The van der Waals surface area contributed by atoms with Crippen molar-refractivity contribution in [1.29, 1.82) is 0 Å². The molecule has 1 aliphatic rings. The van der Waals surface area contributed by atoms with E-state index in [0.29, 0.717) is 28.9 Å². The lowest BCUT2D eigenvalue weighted by molar-refractivity contribution is 0.0599. The van der Waals surface area contributed by atoms with Gasteiger partial charge in [-0.3, -0.25) is 4.79 Å². The third-order valence-corrected chi connectivity index (χ3v) is 5.87. The van der Waals surface area contributed by atoms with Gasteiger partial charge < -0.3 is 14.6 Å². The first-order valence-corrected chi connectivity index (χ1v) is 8.75. The number of methoxy groups -OCH3 is 1. The van der Waals surface area contributed by atoms with E-state index >= 15 is 0 Å². The molecule has 22 heavy (non-hydrogen) atoms. The van der Waals surface area contributed by atoms with Crippen LogP contribution in [0.1, 0.15) is 38.5 Å². The van der Waals surface area contributed by atoms with Crippen LogP contribution in [0.5, 0.6) is 0 Å². The molecule has 1 saturated heterocycles. The van der Waals surface area contributed by atoms with E-state index in [0.717, 1.165) is 0 Å². The minimum atomic E-state index is -3.06. The van der Waals surface area contributed by atoms with Crippen LogP contribution in [0.4, 0.5) is 0 Å². The quantitative estimate of drug-likeness (QED) is 0.823. The van der Waals surface area contributed by atoms with E-state index in [1.807, 2.05) is 0 Å². The molecule has 1 aliphatic heterocycles. The lowest BCUT2D eigenvalue weighted by atomic mass is 10.1. The van der Waals surface area contributed by atoms with Crippen LogP contribution in [0, 0.1) is 13.8 Å². The van der Waals surface area contributed by atoms with Crippen LogP contribution >= 0.6 is 0 Å². The molecule has 7 nitrogen and oxygen atoms in total. The molecule has 1 N–H and O–H groups in total. The SMILES string of the molecule is COC(=O)c1c(C)[nH]c(C(=O)N(C)[C@@H]2CCS(=O)(=O)C2)c1C. The second kappa shape index (κ2) is 5.75. The summed E-state index contributed by atoms with van der Waals surface area (Å²) in [5.74, 6) is -0.738. The van der Waals surface area contributed by atoms with Gasteiger partial charge in [-0.25, -0.2) is 13.2 Å². The van der Waals surface area contributed by atoms with E-state index in [2.05, 4.69) is 4.98 Å². The van der Waals surface area contributed by atoms with Gasteiger partial charge >= 0.3 is 5.97 Å². The number of aryl methyl sites for hydroxylation is 1. The van der Waals surface area contributed by atoms with Gasteiger partial charge in [0.25, 0.3) is 5.91 Å². The Bertz CT molecular complexity index is 720. The zero-order valence-electron chi connectivity index (χ0n) is 13.1. The van der Waals surface area contributed by atoms with Gasteiger partial charge in [0.2, 0.25) is 0 Å². The normalized spacial score (nSPS) is 19.9. The summed E-state index contributed by atoms with van der Waals surface area (Å²) in [6.07, 6.45) is 0.438. The number of rotatable bonds is 3. The van der Waals surface area contributed by atoms with Crippen molar-refractivity contribution in [1.82, 2.24) is 9.88 Å². The molecule has 1 aromatic heterocycles. The maximum atomic E-state index is 12.6. The number of esters is 1. The molecule has 0 aromatic carbocycles. The first-order valence-electron chi connectivity index (χ1n) is 6.93. The predicted octanol–water partition coefficient (Wildman–Crippen LogP) is 0.677. The van der Waals surface area contributed by atoms with Crippen molar-refractivity contribution in [3.05, 3.63) is 22.5 Å². The Morgan fingerprint density at radius 3 is 2.45 bits per heavy atom. The molecule has 0 saturated carbocycles. The smallest absolute Gasteiger partial charge is 0.339 e. The molecule has 0 radical (unpaired) electrons. The Morgan fingerprint density at radius 2 is 1.95 bits per heavy atom. The Kier molecular flexibility index (Phi) is 4.32. The number of nitrogens with one attached hydrogen (secondary N) is 1. The topological polar surface area (TPSA) is 96.5 Å². The number of amides is 1. The lowest BCUT2D eigenvalue weighted by Crippen LogP contribution is -2.38. The predicted molar refractivity (Wildman–Crippen MR) is 80.8 cm³/mol. The van der Waals surface area contributed by atoms with Crippen LogP contribution in [-0.4, -0.2) is 61.9 Å². The number of hydrogen-bond acceptors (Lipinski definition) is 5. The van der Waals surface area contributed by atoms with Gasteiger partial charge in [-0.1, -0.05) is 0 Å². The number of carbonyl (C=O) groups is 2. The third-order valence-electron chi connectivity index (χ3n) is 4.12. The second-order valence-electron chi connectivity index (χ2n) is 5.59. The molecule has 1 atom stereocenters. The number of hydrogen-bond donors (Lipinski definition) is 1. The Hall–Kier alpha value is -1.83. The molecule has 0 bridgehead atoms. The van der Waals surface area contributed by atoms with E-state index < -0.39 is 15.8 Å². The van der Waals surface area contributed by atoms with Crippen molar-refractivity contribution >= 4 is 21.7 Å². The summed E-state index contributed by atoms with van der Waals surface area (Å²) in [5, 5.41) is 0. The Balaban J connectivity index is 2.29. The minimum absolute atomic E-state index is 0.0160. The Labute approximate surface area is 129 Å². The van der Waals surface area contributed by atoms with Gasteiger partial charge in [0.05, 0.1) is 24.2 Å². The van der Waals surface area contributed by atoms with Crippen molar-refractivity contribution in [3.8, 4) is 0 Å². The average molecular weight is 328 g/mol. The number of carbonyl (C=O) groups excluding carboxylic acids is 2. The molecule has 2 heterocycles.